The molecule has 102 valence electrons. The van der Waals surface area contributed by atoms with Crippen molar-refractivity contribution in [2.24, 2.45) is 5.92 Å². The van der Waals surface area contributed by atoms with Crippen molar-refractivity contribution < 1.29 is 14.6 Å². The third-order valence-electron chi connectivity index (χ3n) is 2.79. The van der Waals surface area contributed by atoms with Gasteiger partial charge >= 0.3 is 0 Å². The van der Waals surface area contributed by atoms with Crippen LogP contribution in [-0.2, 0) is 9.47 Å². The zero-order valence-corrected chi connectivity index (χ0v) is 11.2. The third-order valence-corrected chi connectivity index (χ3v) is 2.79. The van der Waals surface area contributed by atoms with Crippen molar-refractivity contribution in [3.63, 3.8) is 0 Å². The van der Waals surface area contributed by atoms with Gasteiger partial charge in [-0.3, -0.25) is 0 Å². The number of aliphatic hydroxyl groups excluding tert-OH is 1. The molecule has 4 heteroatoms. The van der Waals surface area contributed by atoms with E-state index in [-0.39, 0.29) is 0 Å². The molecule has 0 amide bonds. The van der Waals surface area contributed by atoms with Gasteiger partial charge in [0.15, 0.2) is 0 Å². The summed E-state index contributed by atoms with van der Waals surface area (Å²) in [6.45, 7) is 7.63. The Morgan fingerprint density at radius 3 is 2.82 bits per heavy atom. The van der Waals surface area contributed by atoms with Gasteiger partial charge in [0, 0.05) is 26.3 Å². The molecule has 1 rings (SSSR count). The number of hydrogen-bond donors (Lipinski definition) is 2. The number of ether oxygens (including phenoxy) is 2. The van der Waals surface area contributed by atoms with Crippen molar-refractivity contribution in [2.75, 3.05) is 32.9 Å². The van der Waals surface area contributed by atoms with E-state index in [0.29, 0.717) is 31.8 Å². The molecular weight excluding hydrogens is 218 g/mol. The third kappa shape index (κ3) is 7.71. The molecule has 2 unspecified atom stereocenters. The molecule has 0 aliphatic carbocycles. The van der Waals surface area contributed by atoms with Crippen LogP contribution in [0.3, 0.4) is 0 Å². The normalized spacial score (nSPS) is 22.9. The molecule has 0 spiro atoms. The second-order valence-electron chi connectivity index (χ2n) is 5.23. The van der Waals surface area contributed by atoms with E-state index < -0.39 is 6.10 Å². The van der Waals surface area contributed by atoms with E-state index in [4.69, 9.17) is 9.47 Å². The molecule has 0 radical (unpaired) electrons. The molecule has 0 aromatic carbocycles. The van der Waals surface area contributed by atoms with Crippen LogP contribution in [0.1, 0.15) is 33.1 Å². The summed E-state index contributed by atoms with van der Waals surface area (Å²) in [5.41, 5.74) is 0. The maximum absolute atomic E-state index is 9.66. The molecule has 17 heavy (non-hydrogen) atoms. The average molecular weight is 245 g/mol. The van der Waals surface area contributed by atoms with E-state index in [0.717, 1.165) is 19.6 Å². The maximum Gasteiger partial charge on any atom is 0.0897 e. The van der Waals surface area contributed by atoms with E-state index in [1.54, 1.807) is 0 Å². The Labute approximate surface area is 105 Å². The second kappa shape index (κ2) is 8.86. The van der Waals surface area contributed by atoms with Gasteiger partial charge in [0.2, 0.25) is 0 Å². The highest BCUT2D eigenvalue weighted by Crippen LogP contribution is 2.11. The predicted octanol–water partition coefficient (Wildman–Crippen LogP) is 1.18. The molecule has 4 nitrogen and oxygen atoms in total. The minimum atomic E-state index is -0.419. The lowest BCUT2D eigenvalue weighted by atomic mass is 10.1. The van der Waals surface area contributed by atoms with Gasteiger partial charge in [-0.2, -0.15) is 0 Å². The summed E-state index contributed by atoms with van der Waals surface area (Å²) in [5.74, 6) is 0.519. The smallest absolute Gasteiger partial charge is 0.0897 e. The van der Waals surface area contributed by atoms with E-state index in [1.807, 2.05) is 0 Å². The van der Waals surface area contributed by atoms with E-state index in [2.05, 4.69) is 19.2 Å². The minimum absolute atomic E-state index is 0.326. The highest BCUT2D eigenvalue weighted by Gasteiger charge is 2.13. The van der Waals surface area contributed by atoms with Crippen LogP contribution in [0.15, 0.2) is 0 Å². The van der Waals surface area contributed by atoms with E-state index in [1.165, 1.54) is 12.8 Å². The molecule has 0 saturated carbocycles. The fraction of sp³-hybridized carbons (Fsp3) is 1.00. The van der Waals surface area contributed by atoms with Gasteiger partial charge in [-0.15, -0.1) is 0 Å². The van der Waals surface area contributed by atoms with Gasteiger partial charge in [0.25, 0.3) is 0 Å². The molecular formula is C13H27NO3. The Morgan fingerprint density at radius 2 is 2.18 bits per heavy atom. The molecule has 0 aromatic rings. The number of aliphatic hydroxyl groups is 1. The Hall–Kier alpha value is -0.160. The van der Waals surface area contributed by atoms with Crippen LogP contribution in [0.5, 0.6) is 0 Å². The molecule has 0 aromatic heterocycles. The summed E-state index contributed by atoms with van der Waals surface area (Å²) in [6.07, 6.45) is 3.48. The molecule has 2 atom stereocenters. The van der Waals surface area contributed by atoms with Crippen LogP contribution in [0.25, 0.3) is 0 Å². The van der Waals surface area contributed by atoms with Crippen molar-refractivity contribution in [3.05, 3.63) is 0 Å². The van der Waals surface area contributed by atoms with Crippen LogP contribution in [0, 0.1) is 5.92 Å². The van der Waals surface area contributed by atoms with E-state index >= 15 is 0 Å². The predicted molar refractivity (Wildman–Crippen MR) is 68.1 cm³/mol. The first-order valence-electron chi connectivity index (χ1n) is 6.76. The monoisotopic (exact) mass is 245 g/mol. The Kier molecular flexibility index (Phi) is 7.77. The zero-order chi connectivity index (χ0) is 12.5. The van der Waals surface area contributed by atoms with Crippen LogP contribution in [0.4, 0.5) is 0 Å². The van der Waals surface area contributed by atoms with Crippen molar-refractivity contribution >= 4 is 0 Å². The van der Waals surface area contributed by atoms with Crippen LogP contribution in [-0.4, -0.2) is 50.2 Å². The summed E-state index contributed by atoms with van der Waals surface area (Å²) in [7, 11) is 0. The van der Waals surface area contributed by atoms with E-state index in [9.17, 15) is 5.11 Å². The lowest BCUT2D eigenvalue weighted by molar-refractivity contribution is 0.00706. The Morgan fingerprint density at radius 1 is 1.35 bits per heavy atom. The quantitative estimate of drug-likeness (QED) is 0.674. The highest BCUT2D eigenvalue weighted by atomic mass is 16.5. The summed E-state index contributed by atoms with van der Waals surface area (Å²) < 4.78 is 11.0. The maximum atomic E-state index is 9.66. The van der Waals surface area contributed by atoms with Crippen molar-refractivity contribution in [2.45, 2.75) is 45.3 Å². The molecule has 1 saturated heterocycles. The van der Waals surface area contributed by atoms with Gasteiger partial charge in [-0.25, -0.2) is 0 Å². The summed E-state index contributed by atoms with van der Waals surface area (Å²) in [6, 6.07) is 0. The summed E-state index contributed by atoms with van der Waals surface area (Å²) >= 11 is 0. The molecule has 1 fully saturated rings. The van der Waals surface area contributed by atoms with Crippen molar-refractivity contribution in [1.29, 1.82) is 0 Å². The summed E-state index contributed by atoms with van der Waals surface area (Å²) in [4.78, 5) is 0. The van der Waals surface area contributed by atoms with Crippen LogP contribution >= 0.6 is 0 Å². The molecule has 2 N–H and O–H groups in total. The fourth-order valence-corrected chi connectivity index (χ4v) is 1.88. The first kappa shape index (κ1) is 14.9. The number of nitrogens with one attached hydrogen (secondary N) is 1. The number of rotatable bonds is 8. The first-order valence-corrected chi connectivity index (χ1v) is 6.76. The first-order chi connectivity index (χ1) is 8.18. The second-order valence-corrected chi connectivity index (χ2v) is 5.23. The van der Waals surface area contributed by atoms with Crippen molar-refractivity contribution in [1.82, 2.24) is 5.32 Å². The largest absolute Gasteiger partial charge is 0.389 e. The zero-order valence-electron chi connectivity index (χ0n) is 11.2. The molecule has 1 aliphatic heterocycles. The SMILES string of the molecule is CC(C)COCC(O)CNCC1CCCCO1. The average Bonchev–Trinajstić information content (AvgIpc) is 2.30. The fourth-order valence-electron chi connectivity index (χ4n) is 1.88. The minimum Gasteiger partial charge on any atom is -0.389 e. The van der Waals surface area contributed by atoms with Gasteiger partial charge in [0.05, 0.1) is 18.8 Å². The van der Waals surface area contributed by atoms with Crippen LogP contribution in [0.2, 0.25) is 0 Å². The van der Waals surface area contributed by atoms with Gasteiger partial charge in [-0.1, -0.05) is 13.8 Å². The molecule has 0 bridgehead atoms. The Balaban J connectivity index is 1.93. The molecule has 1 aliphatic rings. The Bertz CT molecular complexity index is 182. The molecule has 1 heterocycles. The highest BCUT2D eigenvalue weighted by molar-refractivity contribution is 4.68. The van der Waals surface area contributed by atoms with Gasteiger partial charge in [-0.05, 0) is 25.2 Å². The number of hydrogen-bond acceptors (Lipinski definition) is 4. The summed E-state index contributed by atoms with van der Waals surface area (Å²) in [5, 5.41) is 12.9. The standard InChI is InChI=1S/C13H27NO3/c1-11(2)9-16-10-12(15)7-14-8-13-5-3-4-6-17-13/h11-15H,3-10H2,1-2H3. The van der Waals surface area contributed by atoms with Gasteiger partial charge < -0.3 is 19.9 Å². The lowest BCUT2D eigenvalue weighted by Crippen LogP contribution is -2.37. The van der Waals surface area contributed by atoms with Crippen LogP contribution < -0.4 is 5.32 Å². The lowest BCUT2D eigenvalue weighted by Gasteiger charge is -2.23. The van der Waals surface area contributed by atoms with Crippen molar-refractivity contribution in [3.8, 4) is 0 Å². The van der Waals surface area contributed by atoms with Gasteiger partial charge in [0.1, 0.15) is 0 Å². The topological polar surface area (TPSA) is 50.7 Å².